The second kappa shape index (κ2) is 8.86. The summed E-state index contributed by atoms with van der Waals surface area (Å²) >= 11 is 0. The van der Waals surface area contributed by atoms with E-state index < -0.39 is 5.97 Å². The Bertz CT molecular complexity index is 976. The average molecular weight is 375 g/mol. The van der Waals surface area contributed by atoms with Crippen molar-refractivity contribution < 1.29 is 19.4 Å². The van der Waals surface area contributed by atoms with Gasteiger partial charge >= 0.3 is 5.97 Å². The van der Waals surface area contributed by atoms with E-state index in [2.05, 4.69) is 4.99 Å². The van der Waals surface area contributed by atoms with Gasteiger partial charge in [0.25, 0.3) is 0 Å². The number of ether oxygens (including phenoxy) is 2. The number of aliphatic imine (C=N–C) groups is 1. The van der Waals surface area contributed by atoms with Gasteiger partial charge in [-0.25, -0.2) is 4.79 Å². The first kappa shape index (κ1) is 19.2. The predicted octanol–water partition coefficient (Wildman–Crippen LogP) is 5.03. The molecule has 0 aliphatic carbocycles. The number of methoxy groups -OCH3 is 1. The van der Waals surface area contributed by atoms with Crippen LogP contribution >= 0.6 is 0 Å². The summed E-state index contributed by atoms with van der Waals surface area (Å²) in [4.78, 5) is 15.5. The highest BCUT2D eigenvalue weighted by molar-refractivity contribution is 5.87. The predicted molar refractivity (Wildman–Crippen MR) is 109 cm³/mol. The third kappa shape index (κ3) is 4.76. The lowest BCUT2D eigenvalue weighted by molar-refractivity contribution is 0.0697. The lowest BCUT2D eigenvalue weighted by Crippen LogP contribution is -2.02. The van der Waals surface area contributed by atoms with E-state index in [1.165, 1.54) is 5.56 Å². The number of para-hydroxylation sites is 1. The van der Waals surface area contributed by atoms with Gasteiger partial charge in [-0.05, 0) is 48.9 Å². The Hall–Kier alpha value is -3.60. The molecule has 5 nitrogen and oxygen atoms in total. The Kier molecular flexibility index (Phi) is 6.07. The minimum atomic E-state index is -0.952. The van der Waals surface area contributed by atoms with Gasteiger partial charge in [0.05, 0.1) is 18.4 Å². The topological polar surface area (TPSA) is 68.1 Å². The molecule has 0 saturated heterocycles. The molecule has 0 amide bonds. The highest BCUT2D eigenvalue weighted by atomic mass is 16.5. The zero-order chi connectivity index (χ0) is 19.9. The van der Waals surface area contributed by atoms with Crippen molar-refractivity contribution in [2.45, 2.75) is 13.5 Å². The van der Waals surface area contributed by atoms with E-state index in [0.717, 1.165) is 16.8 Å². The molecule has 0 unspecified atom stereocenters. The molecular formula is C23H21NO4. The Morgan fingerprint density at radius 3 is 2.39 bits per heavy atom. The summed E-state index contributed by atoms with van der Waals surface area (Å²) < 4.78 is 11.4. The van der Waals surface area contributed by atoms with Crippen LogP contribution in [0.4, 0.5) is 5.69 Å². The van der Waals surface area contributed by atoms with Crippen molar-refractivity contribution in [3.8, 4) is 11.5 Å². The fourth-order valence-corrected chi connectivity index (χ4v) is 2.62. The maximum absolute atomic E-state index is 11.0. The highest BCUT2D eigenvalue weighted by Gasteiger charge is 2.10. The first-order valence-electron chi connectivity index (χ1n) is 8.79. The van der Waals surface area contributed by atoms with E-state index in [0.29, 0.717) is 11.5 Å². The first-order valence-corrected chi connectivity index (χ1v) is 8.79. The molecule has 0 aromatic heterocycles. The van der Waals surface area contributed by atoms with Crippen LogP contribution in [0.5, 0.6) is 11.5 Å². The molecular weight excluding hydrogens is 354 g/mol. The molecule has 0 atom stereocenters. The third-order valence-electron chi connectivity index (χ3n) is 4.20. The minimum Gasteiger partial charge on any atom is -0.493 e. The number of carbonyl (C=O) groups is 1. The van der Waals surface area contributed by atoms with E-state index in [1.807, 2.05) is 49.4 Å². The van der Waals surface area contributed by atoms with E-state index in [1.54, 1.807) is 37.6 Å². The van der Waals surface area contributed by atoms with Gasteiger partial charge in [-0.1, -0.05) is 35.9 Å². The van der Waals surface area contributed by atoms with Crippen LogP contribution in [0.25, 0.3) is 0 Å². The zero-order valence-corrected chi connectivity index (χ0v) is 15.8. The highest BCUT2D eigenvalue weighted by Crippen LogP contribution is 2.31. The van der Waals surface area contributed by atoms with Gasteiger partial charge in [0.1, 0.15) is 6.61 Å². The van der Waals surface area contributed by atoms with Gasteiger partial charge in [-0.2, -0.15) is 0 Å². The van der Waals surface area contributed by atoms with Crippen molar-refractivity contribution in [3.05, 3.63) is 89.0 Å². The molecule has 0 spiro atoms. The first-order chi connectivity index (χ1) is 13.6. The molecule has 0 heterocycles. The van der Waals surface area contributed by atoms with Gasteiger partial charge in [0, 0.05) is 11.8 Å². The van der Waals surface area contributed by atoms with E-state index in [9.17, 15) is 4.79 Å². The van der Waals surface area contributed by atoms with Crippen LogP contribution in [0.15, 0.2) is 71.7 Å². The molecule has 1 N–H and O–H groups in total. The van der Waals surface area contributed by atoms with Crippen molar-refractivity contribution in [1.82, 2.24) is 0 Å². The van der Waals surface area contributed by atoms with Crippen molar-refractivity contribution in [1.29, 1.82) is 0 Å². The number of benzene rings is 3. The van der Waals surface area contributed by atoms with Crippen LogP contribution in [0.3, 0.4) is 0 Å². The van der Waals surface area contributed by atoms with Gasteiger partial charge in [-0.15, -0.1) is 0 Å². The maximum atomic E-state index is 11.0. The largest absolute Gasteiger partial charge is 0.493 e. The van der Waals surface area contributed by atoms with E-state index >= 15 is 0 Å². The smallest absolute Gasteiger partial charge is 0.335 e. The summed E-state index contributed by atoms with van der Waals surface area (Å²) in [5.41, 5.74) is 3.92. The van der Waals surface area contributed by atoms with Crippen molar-refractivity contribution in [3.63, 3.8) is 0 Å². The Labute approximate surface area is 163 Å². The monoisotopic (exact) mass is 375 g/mol. The van der Waals surface area contributed by atoms with Gasteiger partial charge in [0.2, 0.25) is 0 Å². The Morgan fingerprint density at radius 1 is 1.04 bits per heavy atom. The second-order valence-corrected chi connectivity index (χ2v) is 6.26. The van der Waals surface area contributed by atoms with Crippen molar-refractivity contribution >= 4 is 17.9 Å². The molecule has 0 radical (unpaired) electrons. The molecule has 28 heavy (non-hydrogen) atoms. The number of aromatic carboxylic acids is 1. The molecule has 0 bridgehead atoms. The summed E-state index contributed by atoms with van der Waals surface area (Å²) in [5, 5.41) is 8.99. The summed E-state index contributed by atoms with van der Waals surface area (Å²) in [6.07, 6.45) is 1.75. The van der Waals surface area contributed by atoms with Gasteiger partial charge < -0.3 is 14.6 Å². The van der Waals surface area contributed by atoms with Crippen molar-refractivity contribution in [2.24, 2.45) is 4.99 Å². The van der Waals surface area contributed by atoms with Gasteiger partial charge in [0.15, 0.2) is 11.5 Å². The SMILES string of the molecule is COc1cccc(C=Nc2ccc(C)cc2)c1OCc1ccc(C(=O)O)cc1. The maximum Gasteiger partial charge on any atom is 0.335 e. The van der Waals surface area contributed by atoms with Crippen LogP contribution in [-0.4, -0.2) is 24.4 Å². The summed E-state index contributed by atoms with van der Waals surface area (Å²) in [6, 6.07) is 20.1. The standard InChI is InChI=1S/C23H21NO4/c1-16-6-12-20(13-7-16)24-14-19-4-3-5-21(27-2)22(19)28-15-17-8-10-18(11-9-17)23(25)26/h3-14H,15H2,1-2H3,(H,25,26). The molecule has 0 saturated carbocycles. The summed E-state index contributed by atoms with van der Waals surface area (Å²) in [5.74, 6) is 0.241. The molecule has 0 aliphatic rings. The Balaban J connectivity index is 1.80. The number of rotatable bonds is 7. The minimum absolute atomic E-state index is 0.243. The number of hydrogen-bond donors (Lipinski definition) is 1. The van der Waals surface area contributed by atoms with Crippen LogP contribution in [0.1, 0.15) is 27.0 Å². The van der Waals surface area contributed by atoms with Crippen LogP contribution < -0.4 is 9.47 Å². The van der Waals surface area contributed by atoms with Gasteiger partial charge in [-0.3, -0.25) is 4.99 Å². The molecule has 0 fully saturated rings. The van der Waals surface area contributed by atoms with Crippen LogP contribution in [0, 0.1) is 6.92 Å². The van der Waals surface area contributed by atoms with Crippen LogP contribution in [0.2, 0.25) is 0 Å². The fourth-order valence-electron chi connectivity index (χ4n) is 2.62. The lowest BCUT2D eigenvalue weighted by atomic mass is 10.1. The molecule has 0 aliphatic heterocycles. The fraction of sp³-hybridized carbons (Fsp3) is 0.130. The summed E-state index contributed by atoms with van der Waals surface area (Å²) in [6.45, 7) is 2.32. The van der Waals surface area contributed by atoms with E-state index in [-0.39, 0.29) is 12.2 Å². The molecule has 5 heteroatoms. The molecule has 3 aromatic rings. The molecule has 142 valence electrons. The molecule has 3 rings (SSSR count). The van der Waals surface area contributed by atoms with Crippen molar-refractivity contribution in [2.75, 3.05) is 7.11 Å². The quantitative estimate of drug-likeness (QED) is 0.588. The normalized spacial score (nSPS) is 10.8. The second-order valence-electron chi connectivity index (χ2n) is 6.26. The zero-order valence-electron chi connectivity index (χ0n) is 15.8. The summed E-state index contributed by atoms with van der Waals surface area (Å²) in [7, 11) is 1.59. The number of carboxylic acid groups (broad SMARTS) is 1. The third-order valence-corrected chi connectivity index (χ3v) is 4.20. The lowest BCUT2D eigenvalue weighted by Gasteiger charge is -2.13. The Morgan fingerprint density at radius 2 is 1.75 bits per heavy atom. The number of hydrogen-bond acceptors (Lipinski definition) is 4. The van der Waals surface area contributed by atoms with E-state index in [4.69, 9.17) is 14.6 Å². The number of nitrogens with zero attached hydrogens (tertiary/aromatic N) is 1. The number of aryl methyl sites for hydroxylation is 1. The number of carboxylic acids is 1. The average Bonchev–Trinajstić information content (AvgIpc) is 2.72. The molecule has 3 aromatic carbocycles. The van der Waals surface area contributed by atoms with Crippen LogP contribution in [-0.2, 0) is 6.61 Å².